The van der Waals surface area contributed by atoms with Gasteiger partial charge in [0.1, 0.15) is 11.5 Å². The van der Waals surface area contributed by atoms with Crippen LogP contribution in [0.3, 0.4) is 0 Å². The molecule has 6 heteroatoms. The number of amides is 1. The molecule has 0 unspecified atom stereocenters. The molecule has 0 spiro atoms. The van der Waals surface area contributed by atoms with Crippen LogP contribution in [-0.2, 0) is 13.1 Å². The molecule has 0 saturated carbocycles. The number of halogens is 1. The van der Waals surface area contributed by atoms with E-state index in [1.165, 1.54) is 0 Å². The number of aryl methyl sites for hydroxylation is 1. The average molecular weight is 384 g/mol. The summed E-state index contributed by atoms with van der Waals surface area (Å²) >= 11 is 6.06. The van der Waals surface area contributed by atoms with E-state index < -0.39 is 0 Å². The molecule has 1 aliphatic rings. The molecule has 138 valence electrons. The molecule has 0 aliphatic carbocycles. The van der Waals surface area contributed by atoms with Gasteiger partial charge in [-0.1, -0.05) is 23.7 Å². The zero-order valence-corrected chi connectivity index (χ0v) is 15.5. The molecule has 1 amide bonds. The van der Waals surface area contributed by atoms with Gasteiger partial charge in [-0.25, -0.2) is 0 Å². The predicted molar refractivity (Wildman–Crippen MR) is 101 cm³/mol. The number of hydrogen-bond donors (Lipinski definition) is 0. The minimum Gasteiger partial charge on any atom is -0.464 e. The number of furan rings is 1. The van der Waals surface area contributed by atoms with Crippen molar-refractivity contribution >= 4 is 17.5 Å². The monoisotopic (exact) mass is 383 g/mol. The lowest BCUT2D eigenvalue weighted by Gasteiger charge is -2.22. The topological polar surface area (TPSA) is 51.9 Å². The Labute approximate surface area is 162 Å². The number of benzene rings is 2. The Bertz CT molecular complexity index is 982. The lowest BCUT2D eigenvalue weighted by molar-refractivity contribution is 0.0717. The second kappa shape index (κ2) is 7.37. The van der Waals surface area contributed by atoms with E-state index in [9.17, 15) is 4.79 Å². The van der Waals surface area contributed by atoms with Crippen LogP contribution in [-0.4, -0.2) is 17.6 Å². The molecule has 27 heavy (non-hydrogen) atoms. The van der Waals surface area contributed by atoms with Crippen molar-refractivity contribution in [1.82, 2.24) is 4.90 Å². The minimum absolute atomic E-state index is 0.121. The fraction of sp³-hybridized carbons (Fsp3) is 0.190. The number of fused-ring (bicyclic) bond motifs is 1. The highest BCUT2D eigenvalue weighted by molar-refractivity contribution is 6.30. The first kappa shape index (κ1) is 17.5. The third-order valence-corrected chi connectivity index (χ3v) is 4.55. The molecule has 0 atom stereocenters. The van der Waals surface area contributed by atoms with E-state index in [0.29, 0.717) is 35.2 Å². The Morgan fingerprint density at radius 1 is 1.04 bits per heavy atom. The molecule has 5 nitrogen and oxygen atoms in total. The van der Waals surface area contributed by atoms with Gasteiger partial charge in [0.25, 0.3) is 5.91 Å². The minimum atomic E-state index is -0.121. The fourth-order valence-electron chi connectivity index (χ4n) is 3.02. The second-order valence-corrected chi connectivity index (χ2v) is 6.81. The standard InChI is InChI=1S/C21H18ClNO4/c1-14-5-7-18(27-14)12-23(21(24)16-3-2-4-17(22)10-16)11-15-6-8-19-20(9-15)26-13-25-19/h2-10H,11-13H2,1H3. The van der Waals surface area contributed by atoms with Crippen molar-refractivity contribution in [2.45, 2.75) is 20.0 Å². The van der Waals surface area contributed by atoms with E-state index >= 15 is 0 Å². The van der Waals surface area contributed by atoms with Crippen LogP contribution >= 0.6 is 11.6 Å². The van der Waals surface area contributed by atoms with Gasteiger partial charge in [-0.05, 0) is 55.0 Å². The maximum Gasteiger partial charge on any atom is 0.254 e. The molecule has 0 fully saturated rings. The number of rotatable bonds is 5. The van der Waals surface area contributed by atoms with Gasteiger partial charge in [-0.15, -0.1) is 0 Å². The Hall–Kier alpha value is -2.92. The SMILES string of the molecule is Cc1ccc(CN(Cc2ccc3c(c2)OCO3)C(=O)c2cccc(Cl)c2)o1. The molecule has 2 heterocycles. The van der Waals surface area contributed by atoms with Crippen LogP contribution in [0.25, 0.3) is 0 Å². The molecule has 0 bridgehead atoms. The Morgan fingerprint density at radius 2 is 1.89 bits per heavy atom. The van der Waals surface area contributed by atoms with Crippen molar-refractivity contribution in [3.63, 3.8) is 0 Å². The summed E-state index contributed by atoms with van der Waals surface area (Å²) in [6.07, 6.45) is 0. The van der Waals surface area contributed by atoms with E-state index in [-0.39, 0.29) is 12.7 Å². The van der Waals surface area contributed by atoms with Crippen molar-refractivity contribution in [1.29, 1.82) is 0 Å². The summed E-state index contributed by atoms with van der Waals surface area (Å²) < 4.78 is 16.5. The van der Waals surface area contributed by atoms with Crippen molar-refractivity contribution in [2.24, 2.45) is 0 Å². The van der Waals surface area contributed by atoms with E-state index in [0.717, 1.165) is 17.1 Å². The molecule has 0 saturated heterocycles. The van der Waals surface area contributed by atoms with Crippen LogP contribution in [0.4, 0.5) is 0 Å². The van der Waals surface area contributed by atoms with Crippen molar-refractivity contribution < 1.29 is 18.7 Å². The van der Waals surface area contributed by atoms with Gasteiger partial charge in [-0.3, -0.25) is 4.79 Å². The summed E-state index contributed by atoms with van der Waals surface area (Å²) in [7, 11) is 0. The quantitative estimate of drug-likeness (QED) is 0.634. The maximum absolute atomic E-state index is 13.1. The summed E-state index contributed by atoms with van der Waals surface area (Å²) in [4.78, 5) is 14.8. The largest absolute Gasteiger partial charge is 0.464 e. The fourth-order valence-corrected chi connectivity index (χ4v) is 3.21. The van der Waals surface area contributed by atoms with E-state index in [2.05, 4.69) is 0 Å². The summed E-state index contributed by atoms with van der Waals surface area (Å²) in [6, 6.07) is 16.4. The first-order valence-electron chi connectivity index (χ1n) is 8.57. The van der Waals surface area contributed by atoms with E-state index in [1.807, 2.05) is 37.3 Å². The highest BCUT2D eigenvalue weighted by atomic mass is 35.5. The molecule has 4 rings (SSSR count). The first-order valence-corrected chi connectivity index (χ1v) is 8.95. The molecule has 0 N–H and O–H groups in total. The zero-order valence-electron chi connectivity index (χ0n) is 14.8. The zero-order chi connectivity index (χ0) is 18.8. The number of ether oxygens (including phenoxy) is 2. The number of hydrogen-bond acceptors (Lipinski definition) is 4. The van der Waals surface area contributed by atoms with E-state index in [1.54, 1.807) is 29.2 Å². The number of nitrogens with zero attached hydrogens (tertiary/aromatic N) is 1. The normalized spacial score (nSPS) is 12.2. The highest BCUT2D eigenvalue weighted by Gasteiger charge is 2.20. The third kappa shape index (κ3) is 3.93. The first-order chi connectivity index (χ1) is 13.1. The second-order valence-electron chi connectivity index (χ2n) is 6.37. The molecule has 3 aromatic rings. The van der Waals surface area contributed by atoms with Gasteiger partial charge in [0.2, 0.25) is 6.79 Å². The van der Waals surface area contributed by atoms with E-state index in [4.69, 9.17) is 25.5 Å². The average Bonchev–Trinajstić information content (AvgIpc) is 3.29. The van der Waals surface area contributed by atoms with Crippen LogP contribution < -0.4 is 9.47 Å². The molecular weight excluding hydrogens is 366 g/mol. The lowest BCUT2D eigenvalue weighted by atomic mass is 10.1. The Kier molecular flexibility index (Phi) is 4.77. The van der Waals surface area contributed by atoms with Crippen LogP contribution in [0.15, 0.2) is 59.0 Å². The summed E-state index contributed by atoms with van der Waals surface area (Å²) in [6.45, 7) is 2.86. The number of carbonyl (C=O) groups excluding carboxylic acids is 1. The molecule has 2 aromatic carbocycles. The Morgan fingerprint density at radius 3 is 2.67 bits per heavy atom. The van der Waals surface area contributed by atoms with Crippen LogP contribution in [0.5, 0.6) is 11.5 Å². The highest BCUT2D eigenvalue weighted by Crippen LogP contribution is 2.33. The Balaban J connectivity index is 1.61. The molecule has 1 aromatic heterocycles. The summed E-state index contributed by atoms with van der Waals surface area (Å²) in [5.41, 5.74) is 1.48. The lowest BCUT2D eigenvalue weighted by Crippen LogP contribution is -2.30. The molecule has 0 radical (unpaired) electrons. The predicted octanol–water partition coefficient (Wildman–Crippen LogP) is 4.81. The smallest absolute Gasteiger partial charge is 0.254 e. The van der Waals surface area contributed by atoms with Gasteiger partial charge in [-0.2, -0.15) is 0 Å². The molecular formula is C21H18ClNO4. The van der Waals surface area contributed by atoms with Gasteiger partial charge in [0.05, 0.1) is 6.54 Å². The van der Waals surface area contributed by atoms with Gasteiger partial charge in [0.15, 0.2) is 11.5 Å². The number of carbonyl (C=O) groups is 1. The van der Waals surface area contributed by atoms with Crippen molar-refractivity contribution in [2.75, 3.05) is 6.79 Å². The summed E-state index contributed by atoms with van der Waals surface area (Å²) in [5.74, 6) is 2.82. The van der Waals surface area contributed by atoms with Crippen LogP contribution in [0, 0.1) is 6.92 Å². The maximum atomic E-state index is 13.1. The van der Waals surface area contributed by atoms with Crippen molar-refractivity contribution in [3.8, 4) is 11.5 Å². The van der Waals surface area contributed by atoms with Crippen LogP contribution in [0.1, 0.15) is 27.4 Å². The third-order valence-electron chi connectivity index (χ3n) is 4.31. The van der Waals surface area contributed by atoms with Gasteiger partial charge >= 0.3 is 0 Å². The van der Waals surface area contributed by atoms with Crippen LogP contribution in [0.2, 0.25) is 5.02 Å². The van der Waals surface area contributed by atoms with Gasteiger partial charge < -0.3 is 18.8 Å². The van der Waals surface area contributed by atoms with Crippen molar-refractivity contribution in [3.05, 3.63) is 82.3 Å². The summed E-state index contributed by atoms with van der Waals surface area (Å²) in [5, 5.41) is 0.526. The molecule has 1 aliphatic heterocycles. The van der Waals surface area contributed by atoms with Gasteiger partial charge in [0, 0.05) is 17.1 Å².